The Labute approximate surface area is 151 Å². The number of benzene rings is 1. The molecule has 1 saturated heterocycles. The van der Waals surface area contributed by atoms with Gasteiger partial charge in [-0.3, -0.25) is 4.79 Å². The highest BCUT2D eigenvalue weighted by Crippen LogP contribution is 2.27. The Morgan fingerprint density at radius 3 is 3.00 bits per heavy atom. The summed E-state index contributed by atoms with van der Waals surface area (Å²) in [5.74, 6) is 0.685. The van der Waals surface area contributed by atoms with E-state index in [0.29, 0.717) is 19.7 Å². The minimum absolute atomic E-state index is 0.138. The van der Waals surface area contributed by atoms with Crippen molar-refractivity contribution in [3.05, 3.63) is 53.9 Å². The normalized spacial score (nSPS) is 17.5. The number of nitrogens with one attached hydrogen (secondary N) is 1. The Kier molecular flexibility index (Phi) is 4.34. The van der Waals surface area contributed by atoms with E-state index in [2.05, 4.69) is 15.2 Å². The van der Waals surface area contributed by atoms with Gasteiger partial charge in [0.2, 0.25) is 0 Å². The fraction of sp³-hybridized carbons (Fsp3) is 0.300. The van der Waals surface area contributed by atoms with E-state index in [9.17, 15) is 4.79 Å². The number of morpholine rings is 1. The van der Waals surface area contributed by atoms with Gasteiger partial charge in [0.15, 0.2) is 6.10 Å². The van der Waals surface area contributed by atoms with Crippen LogP contribution in [-0.2, 0) is 9.53 Å². The fourth-order valence-electron chi connectivity index (χ4n) is 3.30. The molecule has 0 bridgehead atoms. The molecule has 0 unspecified atom stereocenters. The first-order chi connectivity index (χ1) is 12.6. The van der Waals surface area contributed by atoms with Crippen molar-refractivity contribution < 1.29 is 13.9 Å². The quantitative estimate of drug-likeness (QED) is 0.784. The van der Waals surface area contributed by atoms with E-state index >= 15 is 0 Å². The van der Waals surface area contributed by atoms with Crippen LogP contribution in [-0.4, -0.2) is 36.7 Å². The van der Waals surface area contributed by atoms with Gasteiger partial charge in [0.1, 0.15) is 11.4 Å². The molecule has 2 aromatic heterocycles. The number of pyridine rings is 1. The Morgan fingerprint density at radius 2 is 2.15 bits per heavy atom. The van der Waals surface area contributed by atoms with Gasteiger partial charge in [-0.25, -0.2) is 4.98 Å². The van der Waals surface area contributed by atoms with Crippen LogP contribution in [0.25, 0.3) is 11.0 Å². The van der Waals surface area contributed by atoms with Gasteiger partial charge in [0.05, 0.1) is 24.8 Å². The SMILES string of the molecule is Cc1ccc(NC(=O)[C@H]2CN(c3nccc4occc34)CCO2)c(C)c1. The highest BCUT2D eigenvalue weighted by molar-refractivity contribution is 5.96. The fourth-order valence-corrected chi connectivity index (χ4v) is 3.30. The lowest BCUT2D eigenvalue weighted by molar-refractivity contribution is -0.128. The number of aryl methyl sites for hydroxylation is 2. The van der Waals surface area contributed by atoms with Gasteiger partial charge in [-0.1, -0.05) is 17.7 Å². The number of carbonyl (C=O) groups excluding carboxylic acids is 1. The molecule has 4 rings (SSSR count). The van der Waals surface area contributed by atoms with Crippen LogP contribution in [0.1, 0.15) is 11.1 Å². The number of aromatic nitrogens is 1. The number of hydrogen-bond acceptors (Lipinski definition) is 5. The number of furan rings is 1. The van der Waals surface area contributed by atoms with Crippen molar-refractivity contribution >= 4 is 28.4 Å². The number of rotatable bonds is 3. The molecule has 0 saturated carbocycles. The predicted molar refractivity (Wildman–Crippen MR) is 101 cm³/mol. The second-order valence-corrected chi connectivity index (χ2v) is 6.58. The van der Waals surface area contributed by atoms with Crippen LogP contribution < -0.4 is 10.2 Å². The Bertz CT molecular complexity index is 950. The average molecular weight is 351 g/mol. The highest BCUT2D eigenvalue weighted by atomic mass is 16.5. The molecule has 6 nitrogen and oxygen atoms in total. The van der Waals surface area contributed by atoms with Gasteiger partial charge in [-0.05, 0) is 37.6 Å². The molecule has 1 aliphatic rings. The molecule has 0 aliphatic carbocycles. The molecule has 3 heterocycles. The first-order valence-electron chi connectivity index (χ1n) is 8.69. The van der Waals surface area contributed by atoms with Crippen LogP contribution in [0, 0.1) is 13.8 Å². The number of anilines is 2. The lowest BCUT2D eigenvalue weighted by atomic mass is 10.1. The van der Waals surface area contributed by atoms with Crippen LogP contribution in [0.2, 0.25) is 0 Å². The van der Waals surface area contributed by atoms with E-state index in [1.807, 2.05) is 44.2 Å². The maximum atomic E-state index is 12.7. The minimum Gasteiger partial charge on any atom is -0.464 e. The van der Waals surface area contributed by atoms with E-state index < -0.39 is 6.10 Å². The summed E-state index contributed by atoms with van der Waals surface area (Å²) in [5, 5.41) is 3.93. The number of amides is 1. The molecule has 1 atom stereocenters. The molecule has 1 aromatic carbocycles. The lowest BCUT2D eigenvalue weighted by Gasteiger charge is -2.33. The first kappa shape index (κ1) is 16.6. The summed E-state index contributed by atoms with van der Waals surface area (Å²) in [6.07, 6.45) is 2.83. The monoisotopic (exact) mass is 351 g/mol. The van der Waals surface area contributed by atoms with Gasteiger partial charge in [-0.15, -0.1) is 0 Å². The van der Waals surface area contributed by atoms with Gasteiger partial charge in [0.25, 0.3) is 5.91 Å². The molecule has 1 aliphatic heterocycles. The van der Waals surface area contributed by atoms with E-state index in [1.165, 1.54) is 5.56 Å². The maximum Gasteiger partial charge on any atom is 0.255 e. The zero-order valence-corrected chi connectivity index (χ0v) is 14.9. The van der Waals surface area contributed by atoms with Crippen molar-refractivity contribution in [3.63, 3.8) is 0 Å². The molecule has 6 heteroatoms. The van der Waals surface area contributed by atoms with Crippen LogP contribution >= 0.6 is 0 Å². The molecule has 26 heavy (non-hydrogen) atoms. The predicted octanol–water partition coefficient (Wildman–Crippen LogP) is 3.29. The third-order valence-electron chi connectivity index (χ3n) is 4.66. The first-order valence-corrected chi connectivity index (χ1v) is 8.69. The van der Waals surface area contributed by atoms with Crippen molar-refractivity contribution in [1.29, 1.82) is 0 Å². The standard InChI is InChI=1S/C20H21N3O3/c1-13-3-4-16(14(2)11-13)22-20(24)18-12-23(8-10-26-18)19-15-6-9-25-17(15)5-7-21-19/h3-7,9,11,18H,8,10,12H2,1-2H3,(H,22,24)/t18-/m1/s1. The maximum absolute atomic E-state index is 12.7. The van der Waals surface area contributed by atoms with Crippen molar-refractivity contribution in [2.24, 2.45) is 0 Å². The summed E-state index contributed by atoms with van der Waals surface area (Å²) in [6, 6.07) is 9.70. The van der Waals surface area contributed by atoms with E-state index in [4.69, 9.17) is 9.15 Å². The van der Waals surface area contributed by atoms with Crippen molar-refractivity contribution in [3.8, 4) is 0 Å². The lowest BCUT2D eigenvalue weighted by Crippen LogP contribution is -2.48. The van der Waals surface area contributed by atoms with Crippen molar-refractivity contribution in [1.82, 2.24) is 4.98 Å². The van der Waals surface area contributed by atoms with Gasteiger partial charge < -0.3 is 19.4 Å². The van der Waals surface area contributed by atoms with Crippen LogP contribution in [0.3, 0.4) is 0 Å². The van der Waals surface area contributed by atoms with Crippen LogP contribution in [0.5, 0.6) is 0 Å². The molecule has 0 radical (unpaired) electrons. The van der Waals surface area contributed by atoms with Crippen molar-refractivity contribution in [2.75, 3.05) is 29.9 Å². The van der Waals surface area contributed by atoms with Gasteiger partial charge >= 0.3 is 0 Å². The smallest absolute Gasteiger partial charge is 0.255 e. The number of ether oxygens (including phenoxy) is 1. The van der Waals surface area contributed by atoms with Crippen LogP contribution in [0.15, 0.2) is 47.2 Å². The topological polar surface area (TPSA) is 67.6 Å². The summed E-state index contributed by atoms with van der Waals surface area (Å²) < 4.78 is 11.2. The largest absolute Gasteiger partial charge is 0.464 e. The summed E-state index contributed by atoms with van der Waals surface area (Å²) in [6.45, 7) is 5.63. The summed E-state index contributed by atoms with van der Waals surface area (Å²) in [4.78, 5) is 19.3. The Morgan fingerprint density at radius 1 is 1.27 bits per heavy atom. The summed E-state index contributed by atoms with van der Waals surface area (Å²) in [5.41, 5.74) is 3.81. The molecule has 1 fully saturated rings. The number of nitrogens with zero attached hydrogens (tertiary/aromatic N) is 2. The van der Waals surface area contributed by atoms with Crippen LogP contribution in [0.4, 0.5) is 11.5 Å². The third kappa shape index (κ3) is 3.15. The highest BCUT2D eigenvalue weighted by Gasteiger charge is 2.28. The molecule has 134 valence electrons. The summed E-state index contributed by atoms with van der Waals surface area (Å²) in [7, 11) is 0. The molecule has 1 N–H and O–H groups in total. The zero-order valence-electron chi connectivity index (χ0n) is 14.9. The zero-order chi connectivity index (χ0) is 18.1. The third-order valence-corrected chi connectivity index (χ3v) is 4.66. The average Bonchev–Trinajstić information content (AvgIpc) is 3.13. The van der Waals surface area contributed by atoms with E-state index in [0.717, 1.165) is 28.0 Å². The number of hydrogen-bond donors (Lipinski definition) is 1. The molecular weight excluding hydrogens is 330 g/mol. The Hall–Kier alpha value is -2.86. The molecule has 0 spiro atoms. The molecule has 1 amide bonds. The molecule has 3 aromatic rings. The van der Waals surface area contributed by atoms with E-state index in [-0.39, 0.29) is 5.91 Å². The Balaban J connectivity index is 1.51. The van der Waals surface area contributed by atoms with Crippen molar-refractivity contribution in [2.45, 2.75) is 20.0 Å². The second-order valence-electron chi connectivity index (χ2n) is 6.58. The molecular formula is C20H21N3O3. The minimum atomic E-state index is -0.548. The second kappa shape index (κ2) is 6.80. The van der Waals surface area contributed by atoms with Gasteiger partial charge in [0, 0.05) is 18.4 Å². The summed E-state index contributed by atoms with van der Waals surface area (Å²) >= 11 is 0. The number of carbonyl (C=O) groups is 1. The van der Waals surface area contributed by atoms with Gasteiger partial charge in [-0.2, -0.15) is 0 Å². The van der Waals surface area contributed by atoms with E-state index in [1.54, 1.807) is 12.5 Å². The number of fused-ring (bicyclic) bond motifs is 1.